The van der Waals surface area contributed by atoms with E-state index in [0.717, 1.165) is 30.2 Å². The van der Waals surface area contributed by atoms with Crippen molar-refractivity contribution in [3.63, 3.8) is 0 Å². The lowest BCUT2D eigenvalue weighted by atomic mass is 9.97. The fraction of sp³-hybridized carbons (Fsp3) is 0.471. The number of nitrogens with two attached hydrogens (primary N) is 1. The highest BCUT2D eigenvalue weighted by Gasteiger charge is 2.29. The van der Waals surface area contributed by atoms with Gasteiger partial charge in [0.25, 0.3) is 5.91 Å². The van der Waals surface area contributed by atoms with Gasteiger partial charge in [-0.3, -0.25) is 9.59 Å². The number of amides is 2. The smallest absolute Gasteiger partial charge is 0.289 e. The van der Waals surface area contributed by atoms with Crippen LogP contribution in [-0.4, -0.2) is 45.6 Å². The Labute approximate surface area is 150 Å². The summed E-state index contributed by atoms with van der Waals surface area (Å²) in [4.78, 5) is 30.1. The molecule has 0 spiro atoms. The lowest BCUT2D eigenvalue weighted by Crippen LogP contribution is -2.39. The van der Waals surface area contributed by atoms with Crippen molar-refractivity contribution in [2.45, 2.75) is 31.1 Å². The molecule has 8 heteroatoms. The molecular formula is C17H22N4O3S. The van der Waals surface area contributed by atoms with Crippen molar-refractivity contribution < 1.29 is 14.0 Å². The summed E-state index contributed by atoms with van der Waals surface area (Å²) in [5, 5.41) is 0. The molecule has 0 saturated carbocycles. The molecule has 1 aliphatic heterocycles. The molecule has 0 unspecified atom stereocenters. The molecule has 2 N–H and O–H groups in total. The largest absolute Gasteiger partial charge is 0.455 e. The van der Waals surface area contributed by atoms with Crippen LogP contribution >= 0.6 is 11.8 Å². The molecule has 0 aliphatic carbocycles. The van der Waals surface area contributed by atoms with Crippen molar-refractivity contribution in [2.24, 2.45) is 5.73 Å². The van der Waals surface area contributed by atoms with Gasteiger partial charge in [0.05, 0.1) is 5.75 Å². The number of rotatable bonds is 6. The van der Waals surface area contributed by atoms with Crippen LogP contribution in [0.3, 0.4) is 0 Å². The van der Waals surface area contributed by atoms with Crippen molar-refractivity contribution in [1.29, 1.82) is 0 Å². The summed E-state index contributed by atoms with van der Waals surface area (Å²) < 4.78 is 7.42. The number of thioether (sulfide) groups is 1. The summed E-state index contributed by atoms with van der Waals surface area (Å²) in [6, 6.07) is 3.59. The molecule has 0 radical (unpaired) electrons. The van der Waals surface area contributed by atoms with Crippen molar-refractivity contribution in [2.75, 3.05) is 19.3 Å². The molecule has 1 fully saturated rings. The minimum Gasteiger partial charge on any atom is -0.455 e. The zero-order valence-electron chi connectivity index (χ0n) is 14.2. The van der Waals surface area contributed by atoms with Crippen LogP contribution in [0.1, 0.15) is 40.9 Å². The van der Waals surface area contributed by atoms with E-state index >= 15 is 0 Å². The van der Waals surface area contributed by atoms with Gasteiger partial charge in [-0.05, 0) is 31.2 Å². The molecule has 134 valence electrons. The van der Waals surface area contributed by atoms with Crippen LogP contribution in [0, 0.1) is 0 Å². The minimum absolute atomic E-state index is 0.0904. The third-order valence-electron chi connectivity index (χ3n) is 4.31. The van der Waals surface area contributed by atoms with E-state index in [1.807, 2.05) is 12.3 Å². The van der Waals surface area contributed by atoms with E-state index in [1.54, 1.807) is 39.7 Å². The molecule has 2 aromatic heterocycles. The number of carbonyl (C=O) groups is 2. The average Bonchev–Trinajstić information content (AvgIpc) is 3.24. The summed E-state index contributed by atoms with van der Waals surface area (Å²) in [6.45, 7) is 1.37. The third-order valence-corrected chi connectivity index (χ3v) is 4.88. The fourth-order valence-corrected chi connectivity index (χ4v) is 3.66. The van der Waals surface area contributed by atoms with Gasteiger partial charge < -0.3 is 19.6 Å². The molecule has 1 aliphatic rings. The first-order valence-corrected chi connectivity index (χ1v) is 9.64. The van der Waals surface area contributed by atoms with E-state index in [0.29, 0.717) is 18.8 Å². The van der Waals surface area contributed by atoms with Crippen LogP contribution in [-0.2, 0) is 17.1 Å². The first-order valence-electron chi connectivity index (χ1n) is 8.24. The zero-order valence-corrected chi connectivity index (χ0v) is 15.0. The van der Waals surface area contributed by atoms with Crippen molar-refractivity contribution >= 4 is 23.6 Å². The molecule has 1 saturated heterocycles. The Morgan fingerprint density at radius 3 is 3.04 bits per heavy atom. The first-order chi connectivity index (χ1) is 12.1. The van der Waals surface area contributed by atoms with E-state index in [1.165, 1.54) is 0 Å². The number of furan rings is 1. The topological polar surface area (TPSA) is 94.4 Å². The molecule has 3 heterocycles. The van der Waals surface area contributed by atoms with Gasteiger partial charge in [0.15, 0.2) is 5.76 Å². The van der Waals surface area contributed by atoms with Crippen LogP contribution < -0.4 is 5.73 Å². The molecule has 2 aromatic rings. The van der Waals surface area contributed by atoms with Crippen LogP contribution in [0.5, 0.6) is 0 Å². The summed E-state index contributed by atoms with van der Waals surface area (Å²) in [6.07, 6.45) is 7.23. The number of primary amides is 1. The normalized spacial score (nSPS) is 17.6. The Morgan fingerprint density at radius 2 is 2.28 bits per heavy atom. The zero-order chi connectivity index (χ0) is 17.8. The first kappa shape index (κ1) is 17.6. The second-order valence-corrected chi connectivity index (χ2v) is 7.03. The van der Waals surface area contributed by atoms with Crippen LogP contribution in [0.2, 0.25) is 0 Å². The fourth-order valence-electron chi connectivity index (χ4n) is 3.22. The van der Waals surface area contributed by atoms with Gasteiger partial charge in [0.2, 0.25) is 5.91 Å². The molecule has 0 aromatic carbocycles. The van der Waals surface area contributed by atoms with Crippen LogP contribution in [0.25, 0.3) is 0 Å². The average molecular weight is 362 g/mol. The summed E-state index contributed by atoms with van der Waals surface area (Å²) >= 11 is 1.65. The van der Waals surface area contributed by atoms with E-state index in [2.05, 4.69) is 4.98 Å². The van der Waals surface area contributed by atoms with Gasteiger partial charge in [0, 0.05) is 31.4 Å². The van der Waals surface area contributed by atoms with Crippen LogP contribution in [0.4, 0.5) is 0 Å². The number of aromatic nitrogens is 2. The predicted molar refractivity (Wildman–Crippen MR) is 95.2 cm³/mol. The van der Waals surface area contributed by atoms with Gasteiger partial charge in [-0.1, -0.05) is 0 Å². The van der Waals surface area contributed by atoms with Crippen molar-refractivity contribution in [3.05, 3.63) is 41.9 Å². The monoisotopic (exact) mass is 362 g/mol. The highest BCUT2D eigenvalue weighted by molar-refractivity contribution is 7.97. The van der Waals surface area contributed by atoms with Gasteiger partial charge in [-0.15, -0.1) is 0 Å². The molecule has 25 heavy (non-hydrogen) atoms. The Kier molecular flexibility index (Phi) is 5.47. The molecule has 0 bridgehead atoms. The highest BCUT2D eigenvalue weighted by atomic mass is 32.2. The number of carbonyl (C=O) groups excluding carboxylic acids is 2. The molecular weight excluding hydrogens is 340 g/mol. The second kappa shape index (κ2) is 7.77. The highest BCUT2D eigenvalue weighted by Crippen LogP contribution is 2.27. The molecule has 2 amide bonds. The van der Waals surface area contributed by atoms with E-state index in [-0.39, 0.29) is 18.4 Å². The third kappa shape index (κ3) is 4.07. The quantitative estimate of drug-likeness (QED) is 0.846. The number of likely N-dealkylation sites (tertiary alicyclic amines) is 1. The SMILES string of the molecule is CSCc1ccc(C(=O)N2CCC[C@H](c3nccn3CC(N)=O)C2)o1. The number of piperidine rings is 1. The summed E-state index contributed by atoms with van der Waals surface area (Å²) in [7, 11) is 0. The Bertz CT molecular complexity index is 755. The molecule has 7 nitrogen and oxygen atoms in total. The second-order valence-electron chi connectivity index (χ2n) is 6.17. The molecule has 1 atom stereocenters. The number of nitrogens with zero attached hydrogens (tertiary/aromatic N) is 3. The van der Waals surface area contributed by atoms with E-state index in [9.17, 15) is 9.59 Å². The maximum Gasteiger partial charge on any atom is 0.289 e. The van der Waals surface area contributed by atoms with Gasteiger partial charge in [-0.2, -0.15) is 11.8 Å². The molecule has 3 rings (SSSR count). The maximum absolute atomic E-state index is 12.7. The predicted octanol–water partition coefficient (Wildman–Crippen LogP) is 1.84. The summed E-state index contributed by atoms with van der Waals surface area (Å²) in [5.41, 5.74) is 5.29. The van der Waals surface area contributed by atoms with E-state index < -0.39 is 5.91 Å². The van der Waals surface area contributed by atoms with Gasteiger partial charge in [0.1, 0.15) is 18.1 Å². The Balaban J connectivity index is 1.71. The lowest BCUT2D eigenvalue weighted by Gasteiger charge is -2.32. The summed E-state index contributed by atoms with van der Waals surface area (Å²) in [5.74, 6) is 2.34. The van der Waals surface area contributed by atoms with Gasteiger partial charge >= 0.3 is 0 Å². The lowest BCUT2D eigenvalue weighted by molar-refractivity contribution is -0.118. The number of hydrogen-bond acceptors (Lipinski definition) is 5. The maximum atomic E-state index is 12.7. The number of hydrogen-bond donors (Lipinski definition) is 1. The van der Waals surface area contributed by atoms with Gasteiger partial charge in [-0.25, -0.2) is 4.98 Å². The van der Waals surface area contributed by atoms with Crippen LogP contribution in [0.15, 0.2) is 28.9 Å². The van der Waals surface area contributed by atoms with E-state index in [4.69, 9.17) is 10.2 Å². The Hall–Kier alpha value is -2.22. The van der Waals surface area contributed by atoms with Crippen molar-refractivity contribution in [3.8, 4) is 0 Å². The Morgan fingerprint density at radius 1 is 1.44 bits per heavy atom. The minimum atomic E-state index is -0.403. The standard InChI is InChI=1S/C17H22N4O3S/c1-25-11-13-4-5-14(24-13)17(23)21-7-2-3-12(9-21)16-19-6-8-20(16)10-15(18)22/h4-6,8,12H,2-3,7,9-11H2,1H3,(H2,18,22)/t12-/m0/s1. The van der Waals surface area contributed by atoms with Crippen molar-refractivity contribution in [1.82, 2.24) is 14.5 Å². The number of imidazole rings is 1.